The van der Waals surface area contributed by atoms with Gasteiger partial charge >= 0.3 is 0 Å². The van der Waals surface area contributed by atoms with Crippen LogP contribution in [0.25, 0.3) is 0 Å². The highest BCUT2D eigenvalue weighted by atomic mass is 127. The van der Waals surface area contributed by atoms with E-state index in [1.807, 2.05) is 28.7 Å². The third-order valence-electron chi connectivity index (χ3n) is 1.82. The van der Waals surface area contributed by atoms with Crippen molar-refractivity contribution in [1.82, 2.24) is 5.32 Å². The summed E-state index contributed by atoms with van der Waals surface area (Å²) in [6.07, 6.45) is 0. The van der Waals surface area contributed by atoms with Gasteiger partial charge in [0.25, 0.3) is 16.0 Å². The maximum atomic E-state index is 11.7. The molecule has 2 N–H and O–H groups in total. The molecule has 0 aromatic heterocycles. The van der Waals surface area contributed by atoms with Crippen LogP contribution in [0.3, 0.4) is 0 Å². The van der Waals surface area contributed by atoms with Crippen molar-refractivity contribution < 1.29 is 17.8 Å². The molecule has 1 aromatic rings. The molecule has 1 rings (SSSR count). The lowest BCUT2D eigenvalue weighted by molar-refractivity contribution is 0.0955. The van der Waals surface area contributed by atoms with Crippen molar-refractivity contribution in [2.24, 2.45) is 0 Å². The molecule has 8 heteroatoms. The second-order valence-corrected chi connectivity index (χ2v) is 7.15. The number of halogens is 2. The first-order chi connectivity index (χ1) is 7.79. The molecular weight excluding hydrogens is 472 g/mol. The number of nitrogens with one attached hydrogen (secondary N) is 1. The van der Waals surface area contributed by atoms with E-state index in [0.717, 1.165) is 7.14 Å². The molecule has 0 radical (unpaired) electrons. The van der Waals surface area contributed by atoms with Crippen LogP contribution >= 0.6 is 45.2 Å². The van der Waals surface area contributed by atoms with Crippen LogP contribution in [0.2, 0.25) is 0 Å². The summed E-state index contributed by atoms with van der Waals surface area (Å²) in [5.41, 5.74) is 0.487. The minimum atomic E-state index is -4.04. The molecule has 17 heavy (non-hydrogen) atoms. The number of rotatable bonds is 4. The van der Waals surface area contributed by atoms with E-state index in [0.29, 0.717) is 5.56 Å². The highest BCUT2D eigenvalue weighted by Gasteiger charge is 2.11. The Balaban J connectivity index is 2.65. The van der Waals surface area contributed by atoms with Crippen molar-refractivity contribution in [1.29, 1.82) is 0 Å². The van der Waals surface area contributed by atoms with Crippen molar-refractivity contribution in [3.05, 3.63) is 30.9 Å². The van der Waals surface area contributed by atoms with Crippen molar-refractivity contribution in [2.45, 2.75) is 0 Å². The van der Waals surface area contributed by atoms with Gasteiger partial charge in [0, 0.05) is 13.7 Å². The van der Waals surface area contributed by atoms with Crippen LogP contribution in [0.1, 0.15) is 10.4 Å². The van der Waals surface area contributed by atoms with Gasteiger partial charge in [0.2, 0.25) is 0 Å². The summed E-state index contributed by atoms with van der Waals surface area (Å²) in [4.78, 5) is 11.7. The summed E-state index contributed by atoms with van der Waals surface area (Å²) in [5.74, 6) is -0.839. The zero-order valence-electron chi connectivity index (χ0n) is 8.48. The van der Waals surface area contributed by atoms with E-state index < -0.39 is 15.9 Å². The average Bonchev–Trinajstić information content (AvgIpc) is 2.15. The minimum absolute atomic E-state index is 0.111. The number of carbonyl (C=O) groups excluding carboxylic acids is 1. The van der Waals surface area contributed by atoms with Gasteiger partial charge in [-0.15, -0.1) is 0 Å². The molecule has 0 aliphatic heterocycles. The Hall–Kier alpha value is 0.0600. The Kier molecular flexibility index (Phi) is 5.60. The fourth-order valence-electron chi connectivity index (χ4n) is 1.06. The number of carbonyl (C=O) groups is 1. The van der Waals surface area contributed by atoms with E-state index in [-0.39, 0.29) is 12.5 Å². The monoisotopic (exact) mass is 481 g/mol. The number of hydrogen-bond acceptors (Lipinski definition) is 3. The van der Waals surface area contributed by atoms with Crippen molar-refractivity contribution in [3.63, 3.8) is 0 Å². The van der Waals surface area contributed by atoms with E-state index in [2.05, 4.69) is 27.9 Å². The molecule has 0 aliphatic carbocycles. The largest absolute Gasteiger partial charge is 0.351 e. The molecule has 0 spiro atoms. The first-order valence-corrected chi connectivity index (χ1v) is 8.24. The van der Waals surface area contributed by atoms with E-state index in [1.165, 1.54) is 0 Å². The van der Waals surface area contributed by atoms with Crippen molar-refractivity contribution in [3.8, 4) is 0 Å². The summed E-state index contributed by atoms with van der Waals surface area (Å²) in [6, 6.07) is 5.31. The van der Waals surface area contributed by atoms with Crippen LogP contribution in [0.4, 0.5) is 0 Å². The normalized spacial score (nSPS) is 11.2. The first kappa shape index (κ1) is 15.1. The number of hydrogen-bond donors (Lipinski definition) is 2. The van der Waals surface area contributed by atoms with Gasteiger partial charge < -0.3 is 5.32 Å². The van der Waals surface area contributed by atoms with Gasteiger partial charge in [-0.3, -0.25) is 9.35 Å². The quantitative estimate of drug-likeness (QED) is 0.505. The molecule has 0 atom stereocenters. The second-order valence-electron chi connectivity index (χ2n) is 3.17. The fraction of sp³-hybridized carbons (Fsp3) is 0.222. The topological polar surface area (TPSA) is 83.5 Å². The molecule has 0 bridgehead atoms. The van der Waals surface area contributed by atoms with Crippen molar-refractivity contribution in [2.75, 3.05) is 12.3 Å². The van der Waals surface area contributed by atoms with Gasteiger partial charge in [-0.2, -0.15) is 8.42 Å². The van der Waals surface area contributed by atoms with Gasteiger partial charge in [-0.1, -0.05) is 0 Å². The van der Waals surface area contributed by atoms with Crippen LogP contribution in [0.5, 0.6) is 0 Å². The van der Waals surface area contributed by atoms with Crippen LogP contribution < -0.4 is 5.32 Å². The summed E-state index contributed by atoms with van der Waals surface area (Å²) in [6.45, 7) is -0.111. The predicted molar refractivity (Wildman–Crippen MR) is 80.6 cm³/mol. The highest BCUT2D eigenvalue weighted by Crippen LogP contribution is 2.15. The van der Waals surface area contributed by atoms with Gasteiger partial charge in [0.15, 0.2) is 0 Å². The second kappa shape index (κ2) is 6.29. The summed E-state index contributed by atoms with van der Waals surface area (Å²) in [7, 11) is -4.04. The highest BCUT2D eigenvalue weighted by molar-refractivity contribution is 14.1. The first-order valence-electron chi connectivity index (χ1n) is 4.48. The van der Waals surface area contributed by atoms with Gasteiger partial charge in [0.05, 0.1) is 11.3 Å². The smallest absolute Gasteiger partial charge is 0.266 e. The third kappa shape index (κ3) is 5.48. The molecule has 0 saturated carbocycles. The van der Waals surface area contributed by atoms with Gasteiger partial charge in [-0.25, -0.2) is 0 Å². The summed E-state index contributed by atoms with van der Waals surface area (Å²) >= 11 is 4.17. The van der Waals surface area contributed by atoms with E-state index >= 15 is 0 Å². The third-order valence-corrected chi connectivity index (χ3v) is 4.10. The molecule has 1 aromatic carbocycles. The summed E-state index contributed by atoms with van der Waals surface area (Å²) in [5, 5.41) is 2.43. The maximum Gasteiger partial charge on any atom is 0.266 e. The van der Waals surface area contributed by atoms with Crippen LogP contribution in [-0.4, -0.2) is 31.2 Å². The fourth-order valence-corrected chi connectivity index (χ4v) is 3.27. The summed E-state index contributed by atoms with van der Waals surface area (Å²) < 4.78 is 31.2. The zero-order valence-corrected chi connectivity index (χ0v) is 13.6. The molecule has 1 amide bonds. The molecule has 0 saturated heterocycles. The standard InChI is InChI=1S/C9H9I2NO4S/c10-6-1-2-7(8(11)5-6)9(13)12-3-4-17(14,15)16/h1-2,5H,3-4H2,(H,12,13)(H,14,15,16). The number of amides is 1. The minimum Gasteiger partial charge on any atom is -0.351 e. The number of benzene rings is 1. The Labute approximate surface area is 126 Å². The van der Waals surface area contributed by atoms with E-state index in [9.17, 15) is 13.2 Å². The van der Waals surface area contributed by atoms with Gasteiger partial charge in [0.1, 0.15) is 0 Å². The zero-order chi connectivity index (χ0) is 13.1. The molecule has 94 valence electrons. The average molecular weight is 481 g/mol. The predicted octanol–water partition coefficient (Wildman–Crippen LogP) is 1.51. The van der Waals surface area contributed by atoms with Crippen LogP contribution in [-0.2, 0) is 10.1 Å². The Morgan fingerprint density at radius 2 is 2.00 bits per heavy atom. The van der Waals surface area contributed by atoms with E-state index in [4.69, 9.17) is 4.55 Å². The SMILES string of the molecule is O=C(NCCS(=O)(=O)O)c1ccc(I)cc1I. The van der Waals surface area contributed by atoms with Gasteiger partial charge in [-0.05, 0) is 63.4 Å². The Morgan fingerprint density at radius 3 is 2.53 bits per heavy atom. The lowest BCUT2D eigenvalue weighted by atomic mass is 10.2. The van der Waals surface area contributed by atoms with E-state index in [1.54, 1.807) is 12.1 Å². The lowest BCUT2D eigenvalue weighted by Gasteiger charge is -2.06. The Bertz CT molecular complexity index is 530. The molecular formula is C9H9I2NO4S. The Morgan fingerprint density at radius 1 is 1.35 bits per heavy atom. The van der Waals surface area contributed by atoms with Crippen molar-refractivity contribution >= 4 is 61.2 Å². The molecule has 0 aliphatic rings. The maximum absolute atomic E-state index is 11.7. The lowest BCUT2D eigenvalue weighted by Crippen LogP contribution is -2.29. The van der Waals surface area contributed by atoms with Crippen LogP contribution in [0, 0.1) is 7.14 Å². The van der Waals surface area contributed by atoms with Crippen LogP contribution in [0.15, 0.2) is 18.2 Å². The molecule has 0 fully saturated rings. The molecule has 0 heterocycles. The molecule has 5 nitrogen and oxygen atoms in total. The molecule has 0 unspecified atom stereocenters.